The van der Waals surface area contributed by atoms with Crippen molar-refractivity contribution in [3.05, 3.63) is 82.2 Å². The SMILES string of the molecule is Cc1nn2c(=O)[nH]c(SCc3ccccc3F)nc2c1-c1ccccc1. The van der Waals surface area contributed by atoms with Crippen LogP contribution in [0.3, 0.4) is 0 Å². The lowest BCUT2D eigenvalue weighted by molar-refractivity contribution is 0.617. The van der Waals surface area contributed by atoms with Crippen molar-refractivity contribution in [2.24, 2.45) is 0 Å². The van der Waals surface area contributed by atoms with E-state index in [0.717, 1.165) is 16.8 Å². The van der Waals surface area contributed by atoms with Crippen molar-refractivity contribution in [3.8, 4) is 11.1 Å². The number of aryl methyl sites for hydroxylation is 1. The number of nitrogens with one attached hydrogen (secondary N) is 1. The highest BCUT2D eigenvalue weighted by Gasteiger charge is 2.16. The van der Waals surface area contributed by atoms with Crippen molar-refractivity contribution in [1.29, 1.82) is 0 Å². The van der Waals surface area contributed by atoms with Crippen LogP contribution in [0.5, 0.6) is 0 Å². The molecule has 2 aromatic carbocycles. The van der Waals surface area contributed by atoms with Gasteiger partial charge in [-0.2, -0.15) is 9.61 Å². The molecule has 0 amide bonds. The van der Waals surface area contributed by atoms with Crippen LogP contribution in [0.2, 0.25) is 0 Å². The van der Waals surface area contributed by atoms with Gasteiger partial charge in [-0.3, -0.25) is 4.98 Å². The summed E-state index contributed by atoms with van der Waals surface area (Å²) in [6.07, 6.45) is 0. The number of H-pyrrole nitrogens is 1. The first-order valence-electron chi connectivity index (χ1n) is 8.05. The molecule has 0 saturated carbocycles. The molecule has 0 saturated heterocycles. The third-order valence-electron chi connectivity index (χ3n) is 4.03. The fraction of sp³-hybridized carbons (Fsp3) is 0.105. The second kappa shape index (κ2) is 6.76. The van der Waals surface area contributed by atoms with Gasteiger partial charge in [-0.15, -0.1) is 0 Å². The highest BCUT2D eigenvalue weighted by atomic mass is 32.2. The zero-order valence-electron chi connectivity index (χ0n) is 13.9. The summed E-state index contributed by atoms with van der Waals surface area (Å²) in [5.41, 5.74) is 3.19. The van der Waals surface area contributed by atoms with Crippen LogP contribution in [0, 0.1) is 12.7 Å². The van der Waals surface area contributed by atoms with Gasteiger partial charge in [-0.25, -0.2) is 14.2 Å². The molecule has 0 aliphatic carbocycles. The molecule has 1 N–H and O–H groups in total. The van der Waals surface area contributed by atoms with Gasteiger partial charge in [0.05, 0.1) is 5.69 Å². The average Bonchev–Trinajstić information content (AvgIpc) is 2.98. The molecule has 4 aromatic rings. The zero-order valence-corrected chi connectivity index (χ0v) is 14.8. The van der Waals surface area contributed by atoms with E-state index in [1.165, 1.54) is 22.3 Å². The fourth-order valence-electron chi connectivity index (χ4n) is 2.80. The average molecular weight is 366 g/mol. The summed E-state index contributed by atoms with van der Waals surface area (Å²) in [4.78, 5) is 19.7. The molecule has 130 valence electrons. The Morgan fingerprint density at radius 1 is 1.12 bits per heavy atom. The number of benzene rings is 2. The minimum Gasteiger partial charge on any atom is -0.285 e. The van der Waals surface area contributed by atoms with E-state index < -0.39 is 0 Å². The monoisotopic (exact) mass is 366 g/mol. The first-order chi connectivity index (χ1) is 12.6. The topological polar surface area (TPSA) is 63.1 Å². The Morgan fingerprint density at radius 3 is 2.62 bits per heavy atom. The van der Waals surface area contributed by atoms with Gasteiger partial charge in [0.25, 0.3) is 0 Å². The van der Waals surface area contributed by atoms with Gasteiger partial charge in [0.1, 0.15) is 5.82 Å². The first-order valence-corrected chi connectivity index (χ1v) is 9.03. The molecule has 0 fully saturated rings. The van der Waals surface area contributed by atoms with Crippen molar-refractivity contribution in [3.63, 3.8) is 0 Å². The molecule has 0 spiro atoms. The van der Waals surface area contributed by atoms with Crippen LogP contribution in [0.15, 0.2) is 64.5 Å². The molecule has 0 aliphatic rings. The minimum absolute atomic E-state index is 0.270. The quantitative estimate of drug-likeness (QED) is 0.558. The van der Waals surface area contributed by atoms with E-state index in [2.05, 4.69) is 15.1 Å². The smallest absolute Gasteiger partial charge is 0.285 e. The first kappa shape index (κ1) is 16.5. The number of rotatable bonds is 4. The van der Waals surface area contributed by atoms with Crippen molar-refractivity contribution in [1.82, 2.24) is 19.6 Å². The predicted octanol–water partition coefficient (Wildman–Crippen LogP) is 3.82. The lowest BCUT2D eigenvalue weighted by Gasteiger charge is -2.04. The van der Waals surface area contributed by atoms with Crippen LogP contribution in [-0.2, 0) is 5.75 Å². The van der Waals surface area contributed by atoms with Crippen LogP contribution in [0.1, 0.15) is 11.3 Å². The van der Waals surface area contributed by atoms with Gasteiger partial charge in [0.15, 0.2) is 10.8 Å². The Hall–Kier alpha value is -2.93. The fourth-order valence-corrected chi connectivity index (χ4v) is 3.64. The maximum Gasteiger partial charge on any atom is 0.350 e. The minimum atomic E-state index is -0.365. The summed E-state index contributed by atoms with van der Waals surface area (Å²) in [6.45, 7) is 1.85. The highest BCUT2D eigenvalue weighted by Crippen LogP contribution is 2.27. The Morgan fingerprint density at radius 2 is 1.85 bits per heavy atom. The molecular weight excluding hydrogens is 351 g/mol. The number of aromatic nitrogens is 4. The molecule has 0 atom stereocenters. The number of aromatic amines is 1. The third kappa shape index (κ3) is 3.01. The van der Waals surface area contributed by atoms with Crippen LogP contribution in [-0.4, -0.2) is 19.6 Å². The second-order valence-electron chi connectivity index (χ2n) is 5.79. The number of nitrogens with zero attached hydrogens (tertiary/aromatic N) is 3. The van der Waals surface area contributed by atoms with Gasteiger partial charge >= 0.3 is 5.69 Å². The number of thioether (sulfide) groups is 1. The van der Waals surface area contributed by atoms with Crippen LogP contribution >= 0.6 is 11.8 Å². The normalized spacial score (nSPS) is 11.2. The lowest BCUT2D eigenvalue weighted by atomic mass is 10.1. The van der Waals surface area contributed by atoms with Gasteiger partial charge in [0.2, 0.25) is 0 Å². The second-order valence-corrected chi connectivity index (χ2v) is 6.75. The third-order valence-corrected chi connectivity index (χ3v) is 4.96. The zero-order chi connectivity index (χ0) is 18.1. The lowest BCUT2D eigenvalue weighted by Crippen LogP contribution is -2.19. The summed E-state index contributed by atoms with van der Waals surface area (Å²) in [6, 6.07) is 16.3. The number of hydrogen-bond acceptors (Lipinski definition) is 4. The molecule has 7 heteroatoms. The summed E-state index contributed by atoms with van der Waals surface area (Å²) >= 11 is 1.28. The summed E-state index contributed by atoms with van der Waals surface area (Å²) in [5, 5.41) is 4.74. The molecule has 0 radical (unpaired) electrons. The molecular formula is C19H15FN4OS. The van der Waals surface area contributed by atoms with Crippen LogP contribution < -0.4 is 5.69 Å². The maximum absolute atomic E-state index is 13.8. The van der Waals surface area contributed by atoms with Crippen molar-refractivity contribution >= 4 is 17.4 Å². The van der Waals surface area contributed by atoms with Gasteiger partial charge in [-0.05, 0) is 24.1 Å². The van der Waals surface area contributed by atoms with Crippen molar-refractivity contribution < 1.29 is 4.39 Å². The van der Waals surface area contributed by atoms with E-state index in [9.17, 15) is 9.18 Å². The maximum atomic E-state index is 13.8. The molecule has 0 aliphatic heterocycles. The van der Waals surface area contributed by atoms with Gasteiger partial charge < -0.3 is 0 Å². The summed E-state index contributed by atoms with van der Waals surface area (Å²) in [5.74, 6) is 0.105. The van der Waals surface area contributed by atoms with E-state index in [1.54, 1.807) is 18.2 Å². The van der Waals surface area contributed by atoms with E-state index in [1.807, 2.05) is 37.3 Å². The van der Waals surface area contributed by atoms with Gasteiger partial charge in [-0.1, -0.05) is 60.3 Å². The summed E-state index contributed by atoms with van der Waals surface area (Å²) in [7, 11) is 0. The molecule has 0 bridgehead atoms. The number of fused-ring (bicyclic) bond motifs is 1. The molecule has 2 heterocycles. The highest BCUT2D eigenvalue weighted by molar-refractivity contribution is 7.98. The Bertz CT molecular complexity index is 1140. The molecule has 5 nitrogen and oxygen atoms in total. The van der Waals surface area contributed by atoms with E-state index in [4.69, 9.17) is 0 Å². The molecule has 0 unspecified atom stereocenters. The standard InChI is InChI=1S/C19H15FN4OS/c1-12-16(13-7-3-2-4-8-13)17-21-18(22-19(25)24(17)23-12)26-11-14-9-5-6-10-15(14)20/h2-10H,11H2,1H3,(H,21,22,25). The number of hydrogen-bond donors (Lipinski definition) is 1. The Balaban J connectivity index is 1.76. The van der Waals surface area contributed by atoms with E-state index in [-0.39, 0.29) is 11.5 Å². The van der Waals surface area contributed by atoms with Crippen molar-refractivity contribution in [2.75, 3.05) is 0 Å². The van der Waals surface area contributed by atoms with Crippen LogP contribution in [0.25, 0.3) is 16.8 Å². The largest absolute Gasteiger partial charge is 0.350 e. The molecule has 2 aromatic heterocycles. The molecule has 4 rings (SSSR count). The molecule has 26 heavy (non-hydrogen) atoms. The Kier molecular flexibility index (Phi) is 4.30. The van der Waals surface area contributed by atoms with Gasteiger partial charge in [0, 0.05) is 11.3 Å². The predicted molar refractivity (Wildman–Crippen MR) is 99.7 cm³/mol. The number of halogens is 1. The van der Waals surface area contributed by atoms with Crippen LogP contribution in [0.4, 0.5) is 4.39 Å². The van der Waals surface area contributed by atoms with Crippen molar-refractivity contribution in [2.45, 2.75) is 17.8 Å². The Labute approximate surface area is 152 Å². The van der Waals surface area contributed by atoms with E-state index in [0.29, 0.717) is 22.1 Å². The van der Waals surface area contributed by atoms with E-state index >= 15 is 0 Å². The summed E-state index contributed by atoms with van der Waals surface area (Å²) < 4.78 is 15.1.